The number of fused-ring (bicyclic) bond motifs is 2. The van der Waals surface area contributed by atoms with Crippen molar-refractivity contribution in [2.45, 2.75) is 43.6 Å². The van der Waals surface area contributed by atoms with E-state index in [1.165, 1.54) is 12.1 Å². The third kappa shape index (κ3) is 2.85. The third-order valence-electron chi connectivity index (χ3n) is 6.89. The van der Waals surface area contributed by atoms with Crippen LogP contribution in [0.3, 0.4) is 0 Å². The molecule has 2 unspecified atom stereocenters. The number of piperidine rings is 1. The zero-order valence-electron chi connectivity index (χ0n) is 16.9. The largest absolute Gasteiger partial charge is 0.355 e. The standard InChI is InChI=1S/C23H22F2N4O2/c24-16-12-15(13-17(25)14-16)18-3-4-20-29(18)22(30)23(31-20)5-9-28(10-6-23)21-19-2-1-8-27(19)11-7-26-21/h1-2,7-8,11-14,18,20H,3-6,9-10H2. The number of carbonyl (C=O) groups excluding carboxylic acids is 1. The van der Waals surface area contributed by atoms with Gasteiger partial charge < -0.3 is 18.9 Å². The van der Waals surface area contributed by atoms with E-state index in [2.05, 4.69) is 9.88 Å². The summed E-state index contributed by atoms with van der Waals surface area (Å²) >= 11 is 0. The lowest BCUT2D eigenvalue weighted by Gasteiger charge is -2.38. The lowest BCUT2D eigenvalue weighted by molar-refractivity contribution is -0.140. The summed E-state index contributed by atoms with van der Waals surface area (Å²) in [7, 11) is 0. The molecule has 1 aromatic carbocycles. The Balaban J connectivity index is 1.24. The molecule has 2 atom stereocenters. The fourth-order valence-electron chi connectivity index (χ4n) is 5.42. The van der Waals surface area contributed by atoms with Crippen LogP contribution in [-0.4, -0.2) is 45.1 Å². The van der Waals surface area contributed by atoms with Crippen LogP contribution in [0, 0.1) is 11.6 Å². The lowest BCUT2D eigenvalue weighted by atomic mass is 9.89. The zero-order chi connectivity index (χ0) is 21.2. The van der Waals surface area contributed by atoms with Crippen molar-refractivity contribution in [3.05, 3.63) is 66.1 Å². The van der Waals surface area contributed by atoms with Gasteiger partial charge in [0, 0.05) is 50.6 Å². The number of ether oxygens (including phenoxy) is 1. The van der Waals surface area contributed by atoms with Gasteiger partial charge in [0.1, 0.15) is 17.9 Å². The molecule has 3 aromatic rings. The van der Waals surface area contributed by atoms with Gasteiger partial charge in [0.05, 0.1) is 11.6 Å². The first-order valence-corrected chi connectivity index (χ1v) is 10.7. The van der Waals surface area contributed by atoms with Crippen LogP contribution >= 0.6 is 0 Å². The maximum atomic E-state index is 13.8. The van der Waals surface area contributed by atoms with Crippen LogP contribution in [0.15, 0.2) is 48.9 Å². The van der Waals surface area contributed by atoms with Gasteiger partial charge in [-0.05, 0) is 42.7 Å². The van der Waals surface area contributed by atoms with Gasteiger partial charge in [0.15, 0.2) is 11.4 Å². The maximum absolute atomic E-state index is 13.8. The van der Waals surface area contributed by atoms with Crippen molar-refractivity contribution in [2.24, 2.45) is 0 Å². The highest BCUT2D eigenvalue weighted by atomic mass is 19.1. The number of amides is 1. The summed E-state index contributed by atoms with van der Waals surface area (Å²) in [6.45, 7) is 1.31. The number of benzene rings is 1. The van der Waals surface area contributed by atoms with Crippen LogP contribution in [0.25, 0.3) is 5.52 Å². The van der Waals surface area contributed by atoms with Crippen molar-refractivity contribution in [3.63, 3.8) is 0 Å². The van der Waals surface area contributed by atoms with E-state index >= 15 is 0 Å². The molecule has 3 fully saturated rings. The van der Waals surface area contributed by atoms with Gasteiger partial charge in [-0.25, -0.2) is 13.8 Å². The molecule has 0 saturated carbocycles. The van der Waals surface area contributed by atoms with E-state index in [1.807, 2.05) is 28.9 Å². The highest BCUT2D eigenvalue weighted by Gasteiger charge is 2.58. The van der Waals surface area contributed by atoms with E-state index in [0.717, 1.165) is 17.4 Å². The van der Waals surface area contributed by atoms with Crippen molar-refractivity contribution in [3.8, 4) is 0 Å². The predicted molar refractivity (Wildman–Crippen MR) is 109 cm³/mol. The molecule has 160 valence electrons. The van der Waals surface area contributed by atoms with Crippen molar-refractivity contribution in [2.75, 3.05) is 18.0 Å². The lowest BCUT2D eigenvalue weighted by Crippen LogP contribution is -2.50. The normalized spacial score (nSPS) is 25.0. The van der Waals surface area contributed by atoms with Crippen LogP contribution in [0.5, 0.6) is 0 Å². The topological polar surface area (TPSA) is 50.1 Å². The Kier molecular flexibility index (Phi) is 4.08. The van der Waals surface area contributed by atoms with Crippen molar-refractivity contribution >= 4 is 17.2 Å². The smallest absolute Gasteiger partial charge is 0.257 e. The summed E-state index contributed by atoms with van der Waals surface area (Å²) in [5, 5.41) is 0. The zero-order valence-corrected chi connectivity index (χ0v) is 16.9. The van der Waals surface area contributed by atoms with Gasteiger partial charge in [0.25, 0.3) is 5.91 Å². The Morgan fingerprint density at radius 1 is 1.06 bits per heavy atom. The average molecular weight is 424 g/mol. The Morgan fingerprint density at radius 2 is 1.84 bits per heavy atom. The number of nitrogens with zero attached hydrogens (tertiary/aromatic N) is 4. The maximum Gasteiger partial charge on any atom is 0.257 e. The molecule has 0 N–H and O–H groups in total. The van der Waals surface area contributed by atoms with Crippen LogP contribution in [0.4, 0.5) is 14.6 Å². The molecule has 1 spiro atoms. The van der Waals surface area contributed by atoms with Crippen molar-refractivity contribution in [1.82, 2.24) is 14.3 Å². The van der Waals surface area contributed by atoms with Gasteiger partial charge in [-0.3, -0.25) is 4.79 Å². The first-order valence-electron chi connectivity index (χ1n) is 10.7. The van der Waals surface area contributed by atoms with Gasteiger partial charge >= 0.3 is 0 Å². The molecule has 1 amide bonds. The summed E-state index contributed by atoms with van der Waals surface area (Å²) in [5.74, 6) is -0.401. The second-order valence-electron chi connectivity index (χ2n) is 8.61. The van der Waals surface area contributed by atoms with E-state index in [0.29, 0.717) is 44.3 Å². The molecule has 0 radical (unpaired) electrons. The number of halogens is 2. The van der Waals surface area contributed by atoms with Gasteiger partial charge in [0.2, 0.25) is 0 Å². The quantitative estimate of drug-likeness (QED) is 0.630. The molecule has 5 heterocycles. The minimum atomic E-state index is -0.862. The number of aromatic nitrogens is 2. The van der Waals surface area contributed by atoms with Crippen molar-refractivity contribution < 1.29 is 18.3 Å². The summed E-state index contributed by atoms with van der Waals surface area (Å²) < 4.78 is 35.9. The van der Waals surface area contributed by atoms with Gasteiger partial charge in [-0.1, -0.05) is 0 Å². The van der Waals surface area contributed by atoms with Crippen LogP contribution in [0.2, 0.25) is 0 Å². The fourth-order valence-corrected chi connectivity index (χ4v) is 5.42. The van der Waals surface area contributed by atoms with Gasteiger partial charge in [-0.15, -0.1) is 0 Å². The third-order valence-corrected chi connectivity index (χ3v) is 6.89. The number of carbonyl (C=O) groups is 1. The Bertz CT molecular complexity index is 1150. The monoisotopic (exact) mass is 424 g/mol. The van der Waals surface area contributed by atoms with Crippen LogP contribution in [-0.2, 0) is 9.53 Å². The van der Waals surface area contributed by atoms with E-state index in [4.69, 9.17) is 4.74 Å². The molecule has 6 nitrogen and oxygen atoms in total. The van der Waals surface area contributed by atoms with E-state index in [1.54, 1.807) is 11.1 Å². The minimum absolute atomic E-state index is 0.0572. The van der Waals surface area contributed by atoms with E-state index < -0.39 is 17.2 Å². The highest BCUT2D eigenvalue weighted by Crippen LogP contribution is 2.48. The molecule has 3 aliphatic heterocycles. The number of anilines is 1. The van der Waals surface area contributed by atoms with Crippen LogP contribution in [0.1, 0.15) is 37.3 Å². The van der Waals surface area contributed by atoms with Gasteiger partial charge in [-0.2, -0.15) is 0 Å². The Labute approximate surface area is 178 Å². The number of rotatable bonds is 2. The molecule has 3 aliphatic rings. The van der Waals surface area contributed by atoms with Crippen molar-refractivity contribution in [1.29, 1.82) is 0 Å². The highest BCUT2D eigenvalue weighted by molar-refractivity contribution is 5.88. The predicted octanol–water partition coefficient (Wildman–Crippen LogP) is 3.67. The number of hydrogen-bond acceptors (Lipinski definition) is 4. The molecule has 0 bridgehead atoms. The Hall–Kier alpha value is -3.00. The first-order chi connectivity index (χ1) is 15.0. The molecule has 3 saturated heterocycles. The molecular weight excluding hydrogens is 402 g/mol. The molecule has 0 aliphatic carbocycles. The van der Waals surface area contributed by atoms with Crippen LogP contribution < -0.4 is 4.90 Å². The summed E-state index contributed by atoms with van der Waals surface area (Å²) in [6, 6.07) is 7.16. The molecule has 31 heavy (non-hydrogen) atoms. The summed E-state index contributed by atoms with van der Waals surface area (Å²) in [6.07, 6.45) is 7.79. The molecule has 2 aromatic heterocycles. The second kappa shape index (κ2) is 6.75. The Morgan fingerprint density at radius 3 is 2.61 bits per heavy atom. The number of hydrogen-bond donors (Lipinski definition) is 0. The SMILES string of the molecule is O=C1N2C(CCC2c2cc(F)cc(F)c2)OC12CCN(c1nccn3cccc13)CC2. The summed E-state index contributed by atoms with van der Waals surface area (Å²) in [5.41, 5.74) is 0.667. The molecular formula is C23H22F2N4O2. The second-order valence-corrected chi connectivity index (χ2v) is 8.61. The minimum Gasteiger partial charge on any atom is -0.355 e. The van der Waals surface area contributed by atoms with E-state index in [-0.39, 0.29) is 18.2 Å². The van der Waals surface area contributed by atoms with E-state index in [9.17, 15) is 13.6 Å². The molecule has 8 heteroatoms. The average Bonchev–Trinajstić information content (AvgIpc) is 3.45. The first kappa shape index (κ1) is 18.7. The summed E-state index contributed by atoms with van der Waals surface area (Å²) in [4.78, 5) is 22.0. The molecule has 6 rings (SSSR count). The fraction of sp³-hybridized carbons (Fsp3) is 0.391.